The molecule has 1 amide bonds. The third-order valence-corrected chi connectivity index (χ3v) is 7.80. The molecule has 5 aromatic rings. The first-order chi connectivity index (χ1) is 19.4. The van der Waals surface area contributed by atoms with Crippen LogP contribution in [0.4, 0.5) is 11.4 Å². The SMILES string of the molecule is COc1ccc(Cn2c(-c3ccc4c(c3)NC(=O)CO4)csc2=Nc2c(C)n(C)n(-c3ccccc3)c2=O)cc1. The number of benzene rings is 3. The Bertz CT molecular complexity index is 1850. The monoisotopic (exact) mass is 553 g/mol. The summed E-state index contributed by atoms with van der Waals surface area (Å²) in [5, 5.41) is 4.90. The van der Waals surface area contributed by atoms with E-state index >= 15 is 0 Å². The van der Waals surface area contributed by atoms with Crippen LogP contribution >= 0.6 is 11.3 Å². The first kappa shape index (κ1) is 25.4. The van der Waals surface area contributed by atoms with Gasteiger partial charge in [0.15, 0.2) is 17.1 Å². The number of hydrogen-bond acceptors (Lipinski definition) is 6. The highest BCUT2D eigenvalue weighted by Crippen LogP contribution is 2.33. The number of methoxy groups -OCH3 is 1. The van der Waals surface area contributed by atoms with Crippen LogP contribution in [0.2, 0.25) is 0 Å². The normalized spacial score (nSPS) is 13.1. The van der Waals surface area contributed by atoms with Crippen LogP contribution in [0.15, 0.2) is 88.0 Å². The molecular weight excluding hydrogens is 526 g/mol. The van der Waals surface area contributed by atoms with Gasteiger partial charge in [-0.1, -0.05) is 30.3 Å². The van der Waals surface area contributed by atoms with Gasteiger partial charge in [0.1, 0.15) is 11.5 Å². The minimum absolute atomic E-state index is 0.00221. The second kappa shape index (κ2) is 10.4. The summed E-state index contributed by atoms with van der Waals surface area (Å²) in [6.07, 6.45) is 0. The molecule has 6 rings (SSSR count). The molecule has 0 bridgehead atoms. The fourth-order valence-electron chi connectivity index (χ4n) is 4.74. The number of nitrogens with zero attached hydrogens (tertiary/aromatic N) is 4. The first-order valence-corrected chi connectivity index (χ1v) is 13.6. The van der Waals surface area contributed by atoms with E-state index in [4.69, 9.17) is 14.5 Å². The average molecular weight is 554 g/mol. The van der Waals surface area contributed by atoms with Crippen molar-refractivity contribution in [3.63, 3.8) is 0 Å². The van der Waals surface area contributed by atoms with Crippen molar-refractivity contribution < 1.29 is 14.3 Å². The molecule has 3 heterocycles. The maximum absolute atomic E-state index is 13.6. The van der Waals surface area contributed by atoms with Crippen molar-refractivity contribution >= 4 is 28.6 Å². The molecule has 0 aliphatic carbocycles. The molecule has 202 valence electrons. The lowest BCUT2D eigenvalue weighted by Gasteiger charge is -2.19. The predicted molar refractivity (Wildman–Crippen MR) is 155 cm³/mol. The van der Waals surface area contributed by atoms with Crippen molar-refractivity contribution in [1.29, 1.82) is 0 Å². The van der Waals surface area contributed by atoms with Gasteiger partial charge in [-0.05, 0) is 55.0 Å². The fourth-order valence-corrected chi connectivity index (χ4v) is 5.65. The number of aromatic nitrogens is 3. The van der Waals surface area contributed by atoms with Crippen LogP contribution in [0.5, 0.6) is 11.5 Å². The van der Waals surface area contributed by atoms with Gasteiger partial charge >= 0.3 is 0 Å². The Morgan fingerprint density at radius 1 is 1.05 bits per heavy atom. The van der Waals surface area contributed by atoms with E-state index in [-0.39, 0.29) is 18.1 Å². The quantitative estimate of drug-likeness (QED) is 0.332. The number of amides is 1. The lowest BCUT2D eigenvalue weighted by molar-refractivity contribution is -0.118. The van der Waals surface area contributed by atoms with E-state index in [1.807, 2.05) is 96.8 Å². The summed E-state index contributed by atoms with van der Waals surface area (Å²) in [6, 6.07) is 23.1. The molecule has 40 heavy (non-hydrogen) atoms. The molecule has 0 fully saturated rings. The molecule has 3 aromatic carbocycles. The van der Waals surface area contributed by atoms with Crippen LogP contribution in [-0.4, -0.2) is 33.6 Å². The zero-order valence-electron chi connectivity index (χ0n) is 22.2. The van der Waals surface area contributed by atoms with Crippen molar-refractivity contribution in [3.05, 3.63) is 105 Å². The van der Waals surface area contributed by atoms with Gasteiger partial charge < -0.3 is 19.4 Å². The van der Waals surface area contributed by atoms with Crippen molar-refractivity contribution in [2.24, 2.45) is 12.0 Å². The van der Waals surface area contributed by atoms with Crippen LogP contribution in [0, 0.1) is 6.92 Å². The average Bonchev–Trinajstić information content (AvgIpc) is 3.46. The summed E-state index contributed by atoms with van der Waals surface area (Å²) in [4.78, 5) is 31.1. The number of para-hydroxylation sites is 1. The van der Waals surface area contributed by atoms with Gasteiger partial charge in [0.25, 0.3) is 11.5 Å². The predicted octanol–water partition coefficient (Wildman–Crippen LogP) is 4.63. The van der Waals surface area contributed by atoms with E-state index < -0.39 is 0 Å². The molecule has 0 radical (unpaired) electrons. The summed E-state index contributed by atoms with van der Waals surface area (Å²) in [6.45, 7) is 2.41. The minimum atomic E-state index is -0.189. The van der Waals surface area contributed by atoms with Crippen molar-refractivity contribution in [1.82, 2.24) is 13.9 Å². The molecule has 0 saturated heterocycles. The van der Waals surface area contributed by atoms with E-state index in [0.29, 0.717) is 28.5 Å². The van der Waals surface area contributed by atoms with Crippen LogP contribution in [0.25, 0.3) is 16.9 Å². The molecule has 0 spiro atoms. The third-order valence-electron chi connectivity index (χ3n) is 6.94. The molecule has 2 aromatic heterocycles. The highest BCUT2D eigenvalue weighted by molar-refractivity contribution is 7.07. The summed E-state index contributed by atoms with van der Waals surface area (Å²) in [5.74, 6) is 1.22. The van der Waals surface area contributed by atoms with Gasteiger partial charge in [-0.25, -0.2) is 9.67 Å². The first-order valence-electron chi connectivity index (χ1n) is 12.7. The topological polar surface area (TPSA) is 91.8 Å². The van der Waals surface area contributed by atoms with Gasteiger partial charge in [-0.2, -0.15) is 0 Å². The number of ether oxygens (including phenoxy) is 2. The van der Waals surface area contributed by atoms with Crippen molar-refractivity contribution in [2.75, 3.05) is 19.0 Å². The molecule has 10 heteroatoms. The summed E-state index contributed by atoms with van der Waals surface area (Å²) >= 11 is 1.45. The van der Waals surface area contributed by atoms with Crippen molar-refractivity contribution in [3.8, 4) is 28.4 Å². The Morgan fingerprint density at radius 3 is 2.58 bits per heavy atom. The van der Waals surface area contributed by atoms with Gasteiger partial charge in [-0.15, -0.1) is 11.3 Å². The molecular formula is C30H27N5O4S. The number of fused-ring (bicyclic) bond motifs is 1. The van der Waals surface area contributed by atoms with E-state index in [1.54, 1.807) is 11.8 Å². The Labute approximate surface area is 234 Å². The number of anilines is 1. The van der Waals surface area contributed by atoms with E-state index in [9.17, 15) is 9.59 Å². The number of hydrogen-bond donors (Lipinski definition) is 1. The lowest BCUT2D eigenvalue weighted by atomic mass is 10.1. The number of rotatable bonds is 6. The van der Waals surface area contributed by atoms with E-state index in [2.05, 4.69) is 9.88 Å². The molecule has 1 aliphatic heterocycles. The van der Waals surface area contributed by atoms with Gasteiger partial charge in [0.2, 0.25) is 0 Å². The standard InChI is InChI=1S/C30H27N5O4S/c1-19-28(29(37)35(33(19)2)22-7-5-4-6-8-22)32-30-34(16-20-9-12-23(38-3)13-10-20)25(18-40-30)21-11-14-26-24(15-21)31-27(36)17-39-26/h4-15,18H,16-17H2,1-3H3,(H,31,36). The zero-order valence-corrected chi connectivity index (χ0v) is 23.1. The number of carbonyl (C=O) groups excluding carboxylic acids is 1. The van der Waals surface area contributed by atoms with E-state index in [0.717, 1.165) is 34.0 Å². The van der Waals surface area contributed by atoms with Gasteiger partial charge in [-0.3, -0.25) is 14.3 Å². The highest BCUT2D eigenvalue weighted by Gasteiger charge is 2.19. The maximum atomic E-state index is 13.6. The number of thiazole rings is 1. The Balaban J connectivity index is 1.51. The molecule has 1 aliphatic rings. The Kier molecular flexibility index (Phi) is 6.61. The van der Waals surface area contributed by atoms with Crippen LogP contribution < -0.4 is 25.2 Å². The Hall–Kier alpha value is -4.83. The van der Waals surface area contributed by atoms with Gasteiger partial charge in [0.05, 0.1) is 36.4 Å². The molecule has 1 N–H and O–H groups in total. The molecule has 9 nitrogen and oxygen atoms in total. The van der Waals surface area contributed by atoms with Crippen LogP contribution in [0.3, 0.4) is 0 Å². The van der Waals surface area contributed by atoms with Crippen LogP contribution in [-0.2, 0) is 18.4 Å². The second-order valence-electron chi connectivity index (χ2n) is 9.41. The molecule has 0 unspecified atom stereocenters. The summed E-state index contributed by atoms with van der Waals surface area (Å²) in [5.41, 5.74) is 5.19. The van der Waals surface area contributed by atoms with E-state index in [1.165, 1.54) is 11.3 Å². The largest absolute Gasteiger partial charge is 0.497 e. The smallest absolute Gasteiger partial charge is 0.297 e. The zero-order chi connectivity index (χ0) is 27.8. The third kappa shape index (κ3) is 4.62. The number of carbonyl (C=O) groups is 1. The Morgan fingerprint density at radius 2 is 1.82 bits per heavy atom. The summed E-state index contributed by atoms with van der Waals surface area (Å²) in [7, 11) is 3.50. The minimum Gasteiger partial charge on any atom is -0.497 e. The molecule has 0 saturated carbocycles. The van der Waals surface area contributed by atoms with Crippen LogP contribution in [0.1, 0.15) is 11.3 Å². The maximum Gasteiger partial charge on any atom is 0.297 e. The number of nitrogens with one attached hydrogen (secondary N) is 1. The second-order valence-corrected chi connectivity index (χ2v) is 10.2. The van der Waals surface area contributed by atoms with Crippen molar-refractivity contribution in [2.45, 2.75) is 13.5 Å². The fraction of sp³-hybridized carbons (Fsp3) is 0.167. The summed E-state index contributed by atoms with van der Waals surface area (Å²) < 4.78 is 16.4. The lowest BCUT2D eigenvalue weighted by Crippen LogP contribution is -2.25. The van der Waals surface area contributed by atoms with Gasteiger partial charge in [0, 0.05) is 18.0 Å². The highest BCUT2D eigenvalue weighted by atomic mass is 32.1. The molecule has 0 atom stereocenters.